The molecule has 6 aromatic carbocycles. The van der Waals surface area contributed by atoms with Gasteiger partial charge in [0.15, 0.2) is 0 Å². The highest BCUT2D eigenvalue weighted by Gasteiger charge is 2.15. The van der Waals surface area contributed by atoms with Crippen LogP contribution in [-0.2, 0) is 38.5 Å². The summed E-state index contributed by atoms with van der Waals surface area (Å²) in [5.74, 6) is 0. The highest BCUT2D eigenvalue weighted by Crippen LogP contribution is 2.36. The fraction of sp³-hybridized carbons (Fsp3) is 0.176. The Hall–Kier alpha value is -5.66. The molecule has 52 heavy (non-hydrogen) atoms. The van der Waals surface area contributed by atoms with Gasteiger partial charge >= 0.3 is 0 Å². The highest BCUT2D eigenvalue weighted by molar-refractivity contribution is 5.81. The molecule has 0 spiro atoms. The van der Waals surface area contributed by atoms with E-state index in [-0.39, 0.29) is 0 Å². The molecular weight excluding hydrogens is 627 g/mol. The molecule has 0 unspecified atom stereocenters. The number of fused-ring (bicyclic) bond motifs is 3. The largest absolute Gasteiger partial charge is 0.311 e. The summed E-state index contributed by atoms with van der Waals surface area (Å²) in [4.78, 5) is 2.36. The molecule has 0 aliphatic heterocycles. The minimum Gasteiger partial charge on any atom is -0.311 e. The van der Waals surface area contributed by atoms with Gasteiger partial charge in [-0.25, -0.2) is 0 Å². The maximum atomic E-state index is 2.37. The van der Waals surface area contributed by atoms with E-state index < -0.39 is 0 Å². The van der Waals surface area contributed by atoms with E-state index >= 15 is 0 Å². The van der Waals surface area contributed by atoms with Gasteiger partial charge in [0.25, 0.3) is 0 Å². The van der Waals surface area contributed by atoms with Crippen molar-refractivity contribution in [3.63, 3.8) is 0 Å². The summed E-state index contributed by atoms with van der Waals surface area (Å²) in [6.45, 7) is 0. The average Bonchev–Trinajstić information content (AvgIpc) is 3.98. The molecule has 0 aromatic heterocycles. The zero-order chi connectivity index (χ0) is 34.7. The first-order valence-corrected chi connectivity index (χ1v) is 19.2. The van der Waals surface area contributed by atoms with Crippen LogP contribution < -0.4 is 4.90 Å². The first-order valence-electron chi connectivity index (χ1n) is 19.2. The van der Waals surface area contributed by atoms with Crippen molar-refractivity contribution in [1.29, 1.82) is 0 Å². The van der Waals surface area contributed by atoms with Crippen molar-refractivity contribution in [2.75, 3.05) is 4.90 Å². The van der Waals surface area contributed by atoms with E-state index in [1.165, 1.54) is 125 Å². The molecule has 0 N–H and O–H groups in total. The van der Waals surface area contributed by atoms with Gasteiger partial charge in [-0.15, -0.1) is 0 Å². The van der Waals surface area contributed by atoms with Crippen LogP contribution in [0.15, 0.2) is 127 Å². The quantitative estimate of drug-likeness (QED) is 0.138. The van der Waals surface area contributed by atoms with Gasteiger partial charge in [-0.05, 0) is 161 Å². The summed E-state index contributed by atoms with van der Waals surface area (Å²) in [6.07, 6.45) is 24.6. The van der Waals surface area contributed by atoms with Crippen LogP contribution in [0.3, 0.4) is 0 Å². The summed E-state index contributed by atoms with van der Waals surface area (Å²) in [5.41, 5.74) is 20.1. The van der Waals surface area contributed by atoms with E-state index in [0.717, 1.165) is 17.1 Å². The minimum atomic E-state index is 1.14. The van der Waals surface area contributed by atoms with Crippen molar-refractivity contribution in [2.24, 2.45) is 0 Å². The van der Waals surface area contributed by atoms with Crippen LogP contribution in [0.4, 0.5) is 17.1 Å². The summed E-state index contributed by atoms with van der Waals surface area (Å²) in [5, 5.41) is 0. The molecule has 0 atom stereocenters. The fourth-order valence-electron chi connectivity index (χ4n) is 8.42. The van der Waals surface area contributed by atoms with Gasteiger partial charge < -0.3 is 4.90 Å². The van der Waals surface area contributed by atoms with Gasteiger partial charge in [0, 0.05) is 17.1 Å². The zero-order valence-electron chi connectivity index (χ0n) is 29.9. The summed E-state index contributed by atoms with van der Waals surface area (Å²) in [6, 6.07) is 47.5. The predicted octanol–water partition coefficient (Wildman–Crippen LogP) is 13.1. The van der Waals surface area contributed by atoms with Gasteiger partial charge in [0.05, 0.1) is 0 Å². The minimum absolute atomic E-state index is 1.14. The summed E-state index contributed by atoms with van der Waals surface area (Å²) < 4.78 is 0. The lowest BCUT2D eigenvalue weighted by molar-refractivity contribution is 0.911. The number of hydrogen-bond acceptors (Lipinski definition) is 1. The molecule has 0 fully saturated rings. The third kappa shape index (κ3) is 6.97. The first kappa shape index (κ1) is 32.3. The van der Waals surface area contributed by atoms with Crippen molar-refractivity contribution >= 4 is 53.5 Å². The van der Waals surface area contributed by atoms with Gasteiger partial charge in [-0.1, -0.05) is 127 Å². The van der Waals surface area contributed by atoms with Crippen molar-refractivity contribution in [3.8, 4) is 0 Å². The lowest BCUT2D eigenvalue weighted by atomic mass is 10.0. The van der Waals surface area contributed by atoms with Crippen LogP contribution in [-0.4, -0.2) is 0 Å². The van der Waals surface area contributed by atoms with Gasteiger partial charge in [0.1, 0.15) is 0 Å². The first-order chi connectivity index (χ1) is 25.7. The Kier molecular flexibility index (Phi) is 9.01. The van der Waals surface area contributed by atoms with E-state index in [4.69, 9.17) is 0 Å². The van der Waals surface area contributed by atoms with Crippen molar-refractivity contribution < 1.29 is 0 Å². The van der Waals surface area contributed by atoms with E-state index in [1.807, 2.05) is 0 Å². The molecule has 3 aliphatic rings. The second kappa shape index (κ2) is 14.5. The van der Waals surface area contributed by atoms with Gasteiger partial charge in [-0.2, -0.15) is 0 Å². The standard InChI is InChI=1S/C51H45N/c1-5-42-26-18-40(35-46(42)10-1)15-13-37-20-29-48(30-21-37)52(49-31-22-38(23-32-49)14-16-41-19-27-43-6-2-11-47(43)36-41)50-33-24-39(25-34-50)17-28-45-8-3-7-44-9-4-12-51(44)45/h3,7-8,13-36H,1-2,4-6,9-12H2. The SMILES string of the molecule is C(=Cc1ccc2c(c1)CCC2)c1ccc(N(c2ccc(C=Cc3ccc4c(c3)CCC4)cc2)c2ccc(C=Cc3cccc4c3CCC4)cc2)cc1. The molecule has 1 heteroatoms. The van der Waals surface area contributed by atoms with Crippen molar-refractivity contribution in [1.82, 2.24) is 0 Å². The van der Waals surface area contributed by atoms with Crippen LogP contribution in [0.2, 0.25) is 0 Å². The molecule has 3 aliphatic carbocycles. The predicted molar refractivity (Wildman–Crippen MR) is 223 cm³/mol. The smallest absolute Gasteiger partial charge is 0.0462 e. The highest BCUT2D eigenvalue weighted by atomic mass is 15.1. The lowest BCUT2D eigenvalue weighted by Crippen LogP contribution is -2.09. The summed E-state index contributed by atoms with van der Waals surface area (Å²) >= 11 is 0. The van der Waals surface area contributed by atoms with E-state index in [1.54, 1.807) is 0 Å². The van der Waals surface area contributed by atoms with Crippen LogP contribution in [0, 0.1) is 0 Å². The fourth-order valence-corrected chi connectivity index (χ4v) is 8.42. The molecule has 6 aromatic rings. The molecule has 1 nitrogen and oxygen atoms in total. The molecule has 0 saturated carbocycles. The normalized spacial score (nSPS) is 14.8. The number of nitrogens with zero attached hydrogens (tertiary/aromatic N) is 1. The number of anilines is 3. The Morgan fingerprint density at radius 3 is 1.25 bits per heavy atom. The maximum absolute atomic E-state index is 2.37. The third-order valence-corrected chi connectivity index (χ3v) is 11.3. The summed E-state index contributed by atoms with van der Waals surface area (Å²) in [7, 11) is 0. The molecule has 0 saturated heterocycles. The molecule has 0 heterocycles. The van der Waals surface area contributed by atoms with Gasteiger partial charge in [-0.3, -0.25) is 0 Å². The average molecular weight is 672 g/mol. The lowest BCUT2D eigenvalue weighted by Gasteiger charge is -2.26. The molecule has 0 bridgehead atoms. The monoisotopic (exact) mass is 671 g/mol. The van der Waals surface area contributed by atoms with E-state index in [0.29, 0.717) is 0 Å². The number of hydrogen-bond donors (Lipinski definition) is 0. The molecule has 9 rings (SSSR count). The van der Waals surface area contributed by atoms with Crippen molar-refractivity contribution in [3.05, 3.63) is 194 Å². The van der Waals surface area contributed by atoms with Crippen LogP contribution in [0.1, 0.15) is 86.0 Å². The van der Waals surface area contributed by atoms with Gasteiger partial charge in [0.2, 0.25) is 0 Å². The second-order valence-electron chi connectivity index (χ2n) is 14.7. The molecule has 0 radical (unpaired) electrons. The number of aryl methyl sites for hydroxylation is 5. The van der Waals surface area contributed by atoms with E-state index in [2.05, 4.69) is 169 Å². The third-order valence-electron chi connectivity index (χ3n) is 11.3. The van der Waals surface area contributed by atoms with E-state index in [9.17, 15) is 0 Å². The Morgan fingerprint density at radius 1 is 0.327 bits per heavy atom. The Bertz CT molecular complexity index is 2190. The topological polar surface area (TPSA) is 3.24 Å². The number of rotatable bonds is 9. The van der Waals surface area contributed by atoms with Crippen LogP contribution >= 0.6 is 0 Å². The Morgan fingerprint density at radius 2 is 0.731 bits per heavy atom. The van der Waals surface area contributed by atoms with Crippen LogP contribution in [0.5, 0.6) is 0 Å². The Labute approximate surface area is 309 Å². The molecular formula is C51H45N. The Balaban J connectivity index is 0.980. The molecule has 0 amide bonds. The second-order valence-corrected chi connectivity index (χ2v) is 14.7. The van der Waals surface area contributed by atoms with Crippen molar-refractivity contribution in [2.45, 2.75) is 57.8 Å². The molecule has 254 valence electrons. The maximum Gasteiger partial charge on any atom is 0.0462 e. The number of benzene rings is 6. The zero-order valence-corrected chi connectivity index (χ0v) is 29.9. The van der Waals surface area contributed by atoms with Crippen LogP contribution in [0.25, 0.3) is 36.5 Å².